The van der Waals surface area contributed by atoms with Crippen LogP contribution in [0, 0.1) is 0 Å². The van der Waals surface area contributed by atoms with Crippen LogP contribution in [0.4, 0.5) is 0 Å². The highest BCUT2D eigenvalue weighted by atomic mass is 16.5. The van der Waals surface area contributed by atoms with Crippen LogP contribution in [0.1, 0.15) is 19.8 Å². The number of hydrogen-bond acceptors (Lipinski definition) is 2. The van der Waals surface area contributed by atoms with Crippen molar-refractivity contribution in [3.05, 3.63) is 36.5 Å². The van der Waals surface area contributed by atoms with Crippen LogP contribution in [0.25, 0.3) is 10.9 Å². The van der Waals surface area contributed by atoms with Crippen molar-refractivity contribution in [1.82, 2.24) is 4.98 Å². The molecule has 0 fully saturated rings. The van der Waals surface area contributed by atoms with Gasteiger partial charge in [-0.2, -0.15) is 0 Å². The first-order valence-corrected chi connectivity index (χ1v) is 5.12. The van der Waals surface area contributed by atoms with E-state index in [0.29, 0.717) is 6.42 Å². The average molecular weight is 207 g/mol. The van der Waals surface area contributed by atoms with Gasteiger partial charge in [-0.15, -0.1) is 0 Å². The minimum Gasteiger partial charge on any atom is -0.368 e. The third-order valence-electron chi connectivity index (χ3n) is 2.01. The van der Waals surface area contributed by atoms with E-state index in [1.807, 2.05) is 25.3 Å². The molecule has 3 nitrogen and oxygen atoms in total. The summed E-state index contributed by atoms with van der Waals surface area (Å²) in [5.41, 5.74) is 1.21. The third kappa shape index (κ3) is 4.14. The van der Waals surface area contributed by atoms with Crippen molar-refractivity contribution in [1.29, 1.82) is 0 Å². The lowest BCUT2D eigenvalue weighted by Gasteiger charge is -1.94. The summed E-state index contributed by atoms with van der Waals surface area (Å²) in [6, 6.07) is 10.3. The second-order valence-corrected chi connectivity index (χ2v) is 3.33. The first-order chi connectivity index (χ1) is 7.24. The van der Waals surface area contributed by atoms with E-state index in [2.05, 4.69) is 23.2 Å². The van der Waals surface area contributed by atoms with Gasteiger partial charge in [0.25, 0.3) is 0 Å². The number of aromatic amines is 1. The van der Waals surface area contributed by atoms with Gasteiger partial charge in [0, 0.05) is 11.7 Å². The van der Waals surface area contributed by atoms with E-state index < -0.39 is 6.29 Å². The van der Waals surface area contributed by atoms with Gasteiger partial charge in [-0.1, -0.05) is 31.5 Å². The number of nitrogens with one attached hydrogen (secondary N) is 1. The predicted molar refractivity (Wildman–Crippen MR) is 61.4 cm³/mol. The molecule has 0 aliphatic carbocycles. The van der Waals surface area contributed by atoms with Crippen LogP contribution in [0.15, 0.2) is 36.5 Å². The zero-order chi connectivity index (χ0) is 11.1. The predicted octanol–water partition coefficient (Wildman–Crippen LogP) is 2.27. The van der Waals surface area contributed by atoms with Crippen molar-refractivity contribution in [3.63, 3.8) is 0 Å². The molecule has 1 aromatic heterocycles. The minimum absolute atomic E-state index is 0.486. The summed E-state index contributed by atoms with van der Waals surface area (Å²) >= 11 is 0. The first-order valence-electron chi connectivity index (χ1n) is 5.12. The third-order valence-corrected chi connectivity index (χ3v) is 2.01. The maximum absolute atomic E-state index is 8.11. The number of benzene rings is 1. The molecule has 0 atom stereocenters. The van der Waals surface area contributed by atoms with Gasteiger partial charge >= 0.3 is 0 Å². The second kappa shape index (κ2) is 6.22. The van der Waals surface area contributed by atoms with Gasteiger partial charge in [-0.05, 0) is 23.9 Å². The number of aromatic nitrogens is 1. The molecular formula is C12H17NO2. The zero-order valence-electron chi connectivity index (χ0n) is 8.85. The Morgan fingerprint density at radius 3 is 2.47 bits per heavy atom. The molecule has 15 heavy (non-hydrogen) atoms. The molecule has 3 N–H and O–H groups in total. The molecule has 0 aliphatic rings. The molecule has 1 heterocycles. The van der Waals surface area contributed by atoms with E-state index >= 15 is 0 Å². The van der Waals surface area contributed by atoms with Crippen molar-refractivity contribution in [3.8, 4) is 0 Å². The molecule has 0 spiro atoms. The Morgan fingerprint density at radius 2 is 1.93 bits per heavy atom. The molecule has 0 unspecified atom stereocenters. The normalized spacial score (nSPS) is 10.1. The summed E-state index contributed by atoms with van der Waals surface area (Å²) in [6.07, 6.45) is 2.16. The van der Waals surface area contributed by atoms with Crippen molar-refractivity contribution in [2.75, 3.05) is 0 Å². The largest absolute Gasteiger partial charge is 0.368 e. The van der Waals surface area contributed by atoms with Gasteiger partial charge in [0.2, 0.25) is 0 Å². The summed E-state index contributed by atoms with van der Waals surface area (Å²) in [5.74, 6) is 0. The van der Waals surface area contributed by atoms with Crippen LogP contribution in [0.2, 0.25) is 0 Å². The van der Waals surface area contributed by atoms with Crippen LogP contribution >= 0.6 is 0 Å². The first kappa shape index (κ1) is 11.8. The molecule has 0 bridgehead atoms. The number of aliphatic hydroxyl groups is 2. The summed E-state index contributed by atoms with van der Waals surface area (Å²) < 4.78 is 0. The van der Waals surface area contributed by atoms with Gasteiger partial charge in [-0.25, -0.2) is 0 Å². The van der Waals surface area contributed by atoms with Crippen molar-refractivity contribution in [2.24, 2.45) is 0 Å². The molecule has 0 saturated carbocycles. The summed E-state index contributed by atoms with van der Waals surface area (Å²) in [6.45, 7) is 1.90. The maximum atomic E-state index is 8.11. The minimum atomic E-state index is -1.10. The van der Waals surface area contributed by atoms with E-state index in [1.54, 1.807) is 0 Å². The van der Waals surface area contributed by atoms with Crippen LogP contribution in [-0.2, 0) is 0 Å². The fraction of sp³-hybridized carbons (Fsp3) is 0.333. The Hall–Kier alpha value is -1.32. The summed E-state index contributed by atoms with van der Waals surface area (Å²) in [7, 11) is 0. The standard InChI is InChI=1S/C8H7N.C4H10O2/c1-2-4-8-7(3-1)5-6-9-8;1-2-3-4(5)6/h1-6,9H;4-6H,2-3H2,1H3. The van der Waals surface area contributed by atoms with Gasteiger partial charge in [0.05, 0.1) is 0 Å². The molecule has 82 valence electrons. The summed E-state index contributed by atoms with van der Waals surface area (Å²) in [5, 5.41) is 17.5. The number of para-hydroxylation sites is 1. The Labute approximate surface area is 89.4 Å². The lowest BCUT2D eigenvalue weighted by Crippen LogP contribution is -2.01. The highest BCUT2D eigenvalue weighted by Crippen LogP contribution is 2.09. The van der Waals surface area contributed by atoms with E-state index in [9.17, 15) is 0 Å². The number of fused-ring (bicyclic) bond motifs is 1. The Morgan fingerprint density at radius 1 is 1.20 bits per heavy atom. The fourth-order valence-corrected chi connectivity index (χ4v) is 1.25. The Balaban J connectivity index is 0.000000167. The maximum Gasteiger partial charge on any atom is 0.151 e. The van der Waals surface area contributed by atoms with Crippen molar-refractivity contribution in [2.45, 2.75) is 26.1 Å². The molecule has 2 rings (SSSR count). The quantitative estimate of drug-likeness (QED) is 0.662. The van der Waals surface area contributed by atoms with Crippen LogP contribution in [0.3, 0.4) is 0 Å². The number of hydrogen-bond donors (Lipinski definition) is 3. The molecule has 0 amide bonds. The van der Waals surface area contributed by atoms with E-state index in [4.69, 9.17) is 10.2 Å². The van der Waals surface area contributed by atoms with E-state index in [-0.39, 0.29) is 0 Å². The highest BCUT2D eigenvalue weighted by Gasteiger charge is 1.89. The zero-order valence-corrected chi connectivity index (χ0v) is 8.85. The fourth-order valence-electron chi connectivity index (χ4n) is 1.25. The van der Waals surface area contributed by atoms with Gasteiger partial charge in [0.15, 0.2) is 6.29 Å². The van der Waals surface area contributed by atoms with Gasteiger partial charge in [0.1, 0.15) is 0 Å². The highest BCUT2D eigenvalue weighted by molar-refractivity contribution is 5.78. The average Bonchev–Trinajstić information content (AvgIpc) is 2.65. The monoisotopic (exact) mass is 207 g/mol. The molecule has 2 aromatic rings. The number of rotatable bonds is 2. The smallest absolute Gasteiger partial charge is 0.151 e. The van der Waals surface area contributed by atoms with Gasteiger partial charge < -0.3 is 15.2 Å². The van der Waals surface area contributed by atoms with Crippen LogP contribution < -0.4 is 0 Å². The number of aliphatic hydroxyl groups excluding tert-OH is 1. The van der Waals surface area contributed by atoms with Crippen molar-refractivity contribution >= 4 is 10.9 Å². The molecule has 3 heteroatoms. The van der Waals surface area contributed by atoms with Crippen molar-refractivity contribution < 1.29 is 10.2 Å². The second-order valence-electron chi connectivity index (χ2n) is 3.33. The summed E-state index contributed by atoms with van der Waals surface area (Å²) in [4.78, 5) is 3.12. The van der Waals surface area contributed by atoms with E-state index in [1.165, 1.54) is 10.9 Å². The topological polar surface area (TPSA) is 56.2 Å². The molecule has 0 aliphatic heterocycles. The molecule has 1 aromatic carbocycles. The molecule has 0 radical (unpaired) electrons. The Kier molecular flexibility index (Phi) is 4.87. The van der Waals surface area contributed by atoms with E-state index in [0.717, 1.165) is 6.42 Å². The van der Waals surface area contributed by atoms with Crippen LogP contribution in [-0.4, -0.2) is 21.5 Å². The lowest BCUT2D eigenvalue weighted by molar-refractivity contribution is -0.0453. The van der Waals surface area contributed by atoms with Gasteiger partial charge in [-0.3, -0.25) is 0 Å². The van der Waals surface area contributed by atoms with Crippen LogP contribution in [0.5, 0.6) is 0 Å². The molecule has 0 saturated heterocycles. The molecular weight excluding hydrogens is 190 g/mol. The number of H-pyrrole nitrogens is 1. The SMILES string of the molecule is CCCC(O)O.c1ccc2[nH]ccc2c1. The Bertz CT molecular complexity index is 352. The lowest BCUT2D eigenvalue weighted by atomic mass is 10.3.